The number of benzene rings is 2. The molecule has 5 nitrogen and oxygen atoms in total. The molecule has 2 aromatic carbocycles. The minimum atomic E-state index is -3.58. The molecule has 0 aliphatic rings. The number of carbonyl (C=O) groups excluding carboxylic acids is 1. The van der Waals surface area contributed by atoms with Gasteiger partial charge in [-0.1, -0.05) is 37.3 Å². The first-order chi connectivity index (χ1) is 13.3. The maximum atomic E-state index is 12.9. The first-order valence-electron chi connectivity index (χ1n) is 9.33. The molecule has 0 fully saturated rings. The summed E-state index contributed by atoms with van der Waals surface area (Å²) in [5.74, 6) is 0.588. The summed E-state index contributed by atoms with van der Waals surface area (Å²) in [4.78, 5) is 15.8. The molecular weight excluding hydrogens is 394 g/mol. The lowest BCUT2D eigenvalue weighted by Gasteiger charge is -2.29. The molecule has 0 aromatic heterocycles. The molecule has 2 aromatic rings. The van der Waals surface area contributed by atoms with Crippen molar-refractivity contribution in [2.24, 2.45) is 0 Å². The van der Waals surface area contributed by atoms with Crippen LogP contribution in [0.5, 0.6) is 5.75 Å². The van der Waals surface area contributed by atoms with Crippen LogP contribution in [0.2, 0.25) is 0 Å². The highest BCUT2D eigenvalue weighted by Crippen LogP contribution is 2.21. The van der Waals surface area contributed by atoms with Gasteiger partial charge in [-0.25, -0.2) is 0 Å². The van der Waals surface area contributed by atoms with Crippen LogP contribution in [0.1, 0.15) is 32.8 Å². The van der Waals surface area contributed by atoms with Crippen molar-refractivity contribution in [2.75, 3.05) is 11.5 Å². The van der Waals surface area contributed by atoms with E-state index in [2.05, 4.69) is 0 Å². The van der Waals surface area contributed by atoms with Gasteiger partial charge in [-0.05, 0) is 50.1 Å². The van der Waals surface area contributed by atoms with Gasteiger partial charge in [0.15, 0.2) is 0 Å². The Morgan fingerprint density at radius 3 is 2.46 bits per heavy atom. The average molecular weight is 422 g/mol. The number of carbonyl (C=O) groups is 1. The van der Waals surface area contributed by atoms with E-state index in [1.54, 1.807) is 18.2 Å². The van der Waals surface area contributed by atoms with Gasteiger partial charge in [0.25, 0.3) is 0 Å². The van der Waals surface area contributed by atoms with E-state index >= 15 is 0 Å². The van der Waals surface area contributed by atoms with Crippen molar-refractivity contribution in [2.45, 2.75) is 44.7 Å². The molecule has 0 heterocycles. The van der Waals surface area contributed by atoms with E-state index in [4.69, 9.17) is 4.18 Å². The predicted octanol–water partition coefficient (Wildman–Crippen LogP) is 4.33. The molecule has 0 N–H and O–H groups in total. The zero-order chi connectivity index (χ0) is 20.6. The standard InChI is InChI=1S/C21H27NO4S2/c1-4-17(3)22(21(23)16-27-20-12-7-6-8-13-20)15-18-10-9-11-19(14-18)26-28(24,25)5-2/h6-14,17H,4-5,15-16H2,1-3H3. The second-order valence-corrected chi connectivity index (χ2v) is 9.37. The zero-order valence-electron chi connectivity index (χ0n) is 16.5. The summed E-state index contributed by atoms with van der Waals surface area (Å²) in [6, 6.07) is 16.8. The summed E-state index contributed by atoms with van der Waals surface area (Å²) in [5, 5.41) is 0. The van der Waals surface area contributed by atoms with Crippen molar-refractivity contribution in [3.05, 3.63) is 60.2 Å². The van der Waals surface area contributed by atoms with Crippen molar-refractivity contribution in [1.82, 2.24) is 4.90 Å². The van der Waals surface area contributed by atoms with E-state index in [1.165, 1.54) is 18.7 Å². The molecule has 0 aliphatic carbocycles. The molecular formula is C21H27NO4S2. The molecule has 0 bridgehead atoms. The molecule has 7 heteroatoms. The van der Waals surface area contributed by atoms with Crippen LogP contribution in [-0.2, 0) is 21.5 Å². The second-order valence-electron chi connectivity index (χ2n) is 6.46. The van der Waals surface area contributed by atoms with Gasteiger partial charge in [0.2, 0.25) is 5.91 Å². The van der Waals surface area contributed by atoms with Gasteiger partial charge >= 0.3 is 10.1 Å². The quantitative estimate of drug-likeness (QED) is 0.422. The van der Waals surface area contributed by atoms with Gasteiger partial charge in [-0.15, -0.1) is 11.8 Å². The highest BCUT2D eigenvalue weighted by atomic mass is 32.2. The van der Waals surface area contributed by atoms with E-state index in [0.717, 1.165) is 16.9 Å². The van der Waals surface area contributed by atoms with E-state index in [1.807, 2.05) is 55.1 Å². The maximum Gasteiger partial charge on any atom is 0.308 e. The Labute approximate surface area is 172 Å². The molecule has 28 heavy (non-hydrogen) atoms. The topological polar surface area (TPSA) is 63.7 Å². The molecule has 0 spiro atoms. The van der Waals surface area contributed by atoms with Crippen molar-refractivity contribution in [3.8, 4) is 5.75 Å². The highest BCUT2D eigenvalue weighted by Gasteiger charge is 2.20. The Morgan fingerprint density at radius 1 is 1.11 bits per heavy atom. The van der Waals surface area contributed by atoms with Crippen LogP contribution in [0.25, 0.3) is 0 Å². The minimum absolute atomic E-state index is 0.0516. The van der Waals surface area contributed by atoms with Gasteiger partial charge in [0.1, 0.15) is 5.75 Å². The van der Waals surface area contributed by atoms with Crippen LogP contribution in [0.3, 0.4) is 0 Å². The first kappa shape index (κ1) is 22.3. The van der Waals surface area contributed by atoms with Crippen LogP contribution < -0.4 is 4.18 Å². The lowest BCUT2D eigenvalue weighted by molar-refractivity contribution is -0.131. The van der Waals surface area contributed by atoms with Crippen molar-refractivity contribution < 1.29 is 17.4 Å². The highest BCUT2D eigenvalue weighted by molar-refractivity contribution is 8.00. The van der Waals surface area contributed by atoms with Gasteiger partial charge < -0.3 is 9.08 Å². The smallest absolute Gasteiger partial charge is 0.308 e. The average Bonchev–Trinajstić information content (AvgIpc) is 2.70. The van der Waals surface area contributed by atoms with Gasteiger partial charge in [-0.3, -0.25) is 4.79 Å². The number of hydrogen-bond acceptors (Lipinski definition) is 5. The van der Waals surface area contributed by atoms with Gasteiger partial charge in [-0.2, -0.15) is 8.42 Å². The summed E-state index contributed by atoms with van der Waals surface area (Å²) in [7, 11) is -3.58. The number of rotatable bonds is 10. The molecule has 2 rings (SSSR count). The van der Waals surface area contributed by atoms with E-state index in [0.29, 0.717) is 12.3 Å². The van der Waals surface area contributed by atoms with Gasteiger partial charge in [0.05, 0.1) is 11.5 Å². The lowest BCUT2D eigenvalue weighted by Crippen LogP contribution is -2.38. The van der Waals surface area contributed by atoms with E-state index in [-0.39, 0.29) is 23.5 Å². The van der Waals surface area contributed by atoms with Crippen molar-refractivity contribution >= 4 is 27.8 Å². The molecule has 1 atom stereocenters. The summed E-state index contributed by atoms with van der Waals surface area (Å²) in [5.41, 5.74) is 0.835. The third-order valence-corrected chi connectivity index (χ3v) is 6.53. The summed E-state index contributed by atoms with van der Waals surface area (Å²) in [6.45, 7) is 6.01. The summed E-state index contributed by atoms with van der Waals surface area (Å²) >= 11 is 1.51. The van der Waals surface area contributed by atoms with Gasteiger partial charge in [0, 0.05) is 17.5 Å². The van der Waals surface area contributed by atoms with Crippen LogP contribution in [0, 0.1) is 0 Å². The SMILES string of the molecule is CCC(C)N(Cc1cccc(OS(=O)(=O)CC)c1)C(=O)CSc1ccccc1. The fourth-order valence-corrected chi connectivity index (χ4v) is 3.87. The molecule has 0 radical (unpaired) electrons. The molecule has 0 aliphatic heterocycles. The minimum Gasteiger partial charge on any atom is -0.382 e. The predicted molar refractivity (Wildman–Crippen MR) is 114 cm³/mol. The number of nitrogens with zero attached hydrogens (tertiary/aromatic N) is 1. The third-order valence-electron chi connectivity index (χ3n) is 4.38. The van der Waals surface area contributed by atoms with E-state index in [9.17, 15) is 13.2 Å². The lowest BCUT2D eigenvalue weighted by atomic mass is 10.1. The molecule has 152 valence electrons. The summed E-state index contributed by atoms with van der Waals surface area (Å²) in [6.07, 6.45) is 0.835. The summed E-state index contributed by atoms with van der Waals surface area (Å²) < 4.78 is 28.5. The van der Waals surface area contributed by atoms with Crippen molar-refractivity contribution in [1.29, 1.82) is 0 Å². The normalized spacial score (nSPS) is 12.4. The van der Waals surface area contributed by atoms with E-state index < -0.39 is 10.1 Å². The Morgan fingerprint density at radius 2 is 1.82 bits per heavy atom. The zero-order valence-corrected chi connectivity index (χ0v) is 18.1. The number of hydrogen-bond donors (Lipinski definition) is 0. The monoisotopic (exact) mass is 421 g/mol. The fourth-order valence-electron chi connectivity index (χ4n) is 2.55. The maximum absolute atomic E-state index is 12.9. The fraction of sp³-hybridized carbons (Fsp3) is 0.381. The number of amides is 1. The Kier molecular flexibility index (Phi) is 8.38. The third kappa shape index (κ3) is 6.87. The molecule has 0 saturated carbocycles. The van der Waals surface area contributed by atoms with Crippen LogP contribution in [0.4, 0.5) is 0 Å². The largest absolute Gasteiger partial charge is 0.382 e. The first-order valence-corrected chi connectivity index (χ1v) is 11.9. The van der Waals surface area contributed by atoms with Crippen molar-refractivity contribution in [3.63, 3.8) is 0 Å². The Balaban J connectivity index is 2.10. The second kappa shape index (κ2) is 10.5. The van der Waals surface area contributed by atoms with Crippen LogP contribution in [-0.4, -0.2) is 36.8 Å². The molecule has 1 amide bonds. The number of thioether (sulfide) groups is 1. The van der Waals surface area contributed by atoms with Crippen LogP contribution >= 0.6 is 11.8 Å². The molecule has 1 unspecified atom stereocenters. The van der Waals surface area contributed by atoms with Crippen LogP contribution in [0.15, 0.2) is 59.5 Å². The Bertz CT molecular complexity index is 869. The molecule has 0 saturated heterocycles. The Hall–Kier alpha value is -1.99.